The summed E-state index contributed by atoms with van der Waals surface area (Å²) in [6, 6.07) is 13.1. The van der Waals surface area contributed by atoms with Gasteiger partial charge in [-0.15, -0.1) is 0 Å². The second-order valence-electron chi connectivity index (χ2n) is 5.63. The number of carbonyl (C=O) groups excluding carboxylic acids is 1. The van der Waals surface area contributed by atoms with Crippen LogP contribution in [0.5, 0.6) is 0 Å². The number of methoxy groups -OCH3 is 1. The fourth-order valence-electron chi connectivity index (χ4n) is 2.30. The topological polar surface area (TPSA) is 72.5 Å². The first-order valence-electron chi connectivity index (χ1n) is 7.55. The van der Waals surface area contributed by atoms with E-state index in [1.165, 1.54) is 13.2 Å². The fraction of sp³-hybridized carbons (Fsp3) is 0.278. The Morgan fingerprint density at radius 2 is 1.75 bits per heavy atom. The molecule has 1 unspecified atom stereocenters. The van der Waals surface area contributed by atoms with Gasteiger partial charge in [-0.1, -0.05) is 36.4 Å². The van der Waals surface area contributed by atoms with E-state index in [2.05, 4.69) is 4.72 Å². The van der Waals surface area contributed by atoms with E-state index in [0.717, 1.165) is 16.7 Å². The zero-order valence-electron chi connectivity index (χ0n) is 13.9. The summed E-state index contributed by atoms with van der Waals surface area (Å²) < 4.78 is 32.4. The Labute approximate surface area is 142 Å². The van der Waals surface area contributed by atoms with Gasteiger partial charge in [0.25, 0.3) is 0 Å². The summed E-state index contributed by atoms with van der Waals surface area (Å²) in [5.41, 5.74) is 2.72. The average molecular weight is 347 g/mol. The average Bonchev–Trinajstić information content (AvgIpc) is 2.56. The molecular formula is C18H21NO4S. The number of rotatable bonds is 6. The lowest BCUT2D eigenvalue weighted by atomic mass is 10.1. The van der Waals surface area contributed by atoms with Crippen molar-refractivity contribution in [3.8, 4) is 0 Å². The molecule has 2 rings (SSSR count). The maximum absolute atomic E-state index is 12.6. The molecule has 0 aliphatic carbocycles. The lowest BCUT2D eigenvalue weighted by Gasteiger charge is -2.17. The Morgan fingerprint density at radius 3 is 2.33 bits per heavy atom. The van der Waals surface area contributed by atoms with E-state index in [4.69, 9.17) is 4.74 Å². The molecule has 0 spiro atoms. The summed E-state index contributed by atoms with van der Waals surface area (Å²) in [5.74, 6) is -0.619. The number of nitrogens with one attached hydrogen (secondary N) is 1. The number of esters is 1. The zero-order valence-corrected chi connectivity index (χ0v) is 14.8. The first-order chi connectivity index (χ1) is 11.3. The van der Waals surface area contributed by atoms with E-state index in [0.29, 0.717) is 0 Å². The Hall–Kier alpha value is -2.18. The van der Waals surface area contributed by atoms with Crippen LogP contribution in [-0.2, 0) is 26.0 Å². The zero-order chi connectivity index (χ0) is 17.7. The third-order valence-corrected chi connectivity index (χ3v) is 5.32. The smallest absolute Gasteiger partial charge is 0.324 e. The van der Waals surface area contributed by atoms with Crippen molar-refractivity contribution in [3.63, 3.8) is 0 Å². The maximum Gasteiger partial charge on any atom is 0.324 e. The first kappa shape index (κ1) is 18.2. The van der Waals surface area contributed by atoms with Crippen LogP contribution in [0.3, 0.4) is 0 Å². The van der Waals surface area contributed by atoms with Gasteiger partial charge in [0.2, 0.25) is 10.0 Å². The standard InChI is InChI=1S/C18H21NO4S/c1-13-9-10-16(11-14(13)2)24(21,22)19-17(18(20)23-3)12-15-7-5-4-6-8-15/h4-11,17,19H,12H2,1-3H3. The molecule has 0 aromatic heterocycles. The molecule has 0 heterocycles. The van der Waals surface area contributed by atoms with Gasteiger partial charge >= 0.3 is 5.97 Å². The van der Waals surface area contributed by atoms with Gasteiger partial charge in [0.1, 0.15) is 6.04 Å². The Kier molecular flexibility index (Phi) is 5.75. The van der Waals surface area contributed by atoms with Crippen molar-refractivity contribution in [2.75, 3.05) is 7.11 Å². The molecule has 24 heavy (non-hydrogen) atoms. The van der Waals surface area contributed by atoms with E-state index in [-0.39, 0.29) is 11.3 Å². The highest BCUT2D eigenvalue weighted by molar-refractivity contribution is 7.89. The summed E-state index contributed by atoms with van der Waals surface area (Å²) in [6.07, 6.45) is 0.220. The number of carbonyl (C=O) groups is 1. The van der Waals surface area contributed by atoms with E-state index < -0.39 is 22.0 Å². The highest BCUT2D eigenvalue weighted by Crippen LogP contribution is 2.16. The molecule has 2 aromatic rings. The summed E-state index contributed by atoms with van der Waals surface area (Å²) in [7, 11) is -2.58. The number of hydrogen-bond donors (Lipinski definition) is 1. The third kappa shape index (κ3) is 4.43. The number of ether oxygens (including phenoxy) is 1. The number of sulfonamides is 1. The van der Waals surface area contributed by atoms with E-state index in [1.807, 2.05) is 44.2 Å². The molecule has 6 heteroatoms. The van der Waals surface area contributed by atoms with Gasteiger partial charge in [0.15, 0.2) is 0 Å². The molecule has 1 atom stereocenters. The Morgan fingerprint density at radius 1 is 1.08 bits per heavy atom. The molecule has 0 saturated heterocycles. The summed E-state index contributed by atoms with van der Waals surface area (Å²) in [5, 5.41) is 0. The van der Waals surface area contributed by atoms with Crippen LogP contribution < -0.4 is 4.72 Å². The highest BCUT2D eigenvalue weighted by atomic mass is 32.2. The second-order valence-corrected chi connectivity index (χ2v) is 7.35. The predicted molar refractivity (Wildman–Crippen MR) is 92.2 cm³/mol. The van der Waals surface area contributed by atoms with Gasteiger partial charge in [0.05, 0.1) is 12.0 Å². The molecule has 0 bridgehead atoms. The van der Waals surface area contributed by atoms with Crippen LogP contribution in [0.25, 0.3) is 0 Å². The minimum absolute atomic E-state index is 0.132. The lowest BCUT2D eigenvalue weighted by Crippen LogP contribution is -2.43. The molecule has 0 fully saturated rings. The lowest BCUT2D eigenvalue weighted by molar-refractivity contribution is -0.142. The third-order valence-electron chi connectivity index (χ3n) is 3.85. The van der Waals surface area contributed by atoms with Crippen molar-refractivity contribution in [2.24, 2.45) is 0 Å². The van der Waals surface area contributed by atoms with Gasteiger partial charge in [0, 0.05) is 0 Å². The summed E-state index contributed by atoms with van der Waals surface area (Å²) in [4.78, 5) is 12.1. The number of aryl methyl sites for hydroxylation is 2. The van der Waals surface area contributed by atoms with Crippen molar-refractivity contribution in [1.29, 1.82) is 0 Å². The summed E-state index contributed by atoms with van der Waals surface area (Å²) in [6.45, 7) is 3.75. The number of benzene rings is 2. The Balaban J connectivity index is 2.27. The van der Waals surface area contributed by atoms with E-state index >= 15 is 0 Å². The van der Waals surface area contributed by atoms with Gasteiger partial charge in [-0.05, 0) is 49.1 Å². The van der Waals surface area contributed by atoms with Crippen molar-refractivity contribution < 1.29 is 17.9 Å². The molecule has 0 radical (unpaired) electrons. The molecule has 0 amide bonds. The van der Waals surface area contributed by atoms with Crippen LogP contribution >= 0.6 is 0 Å². The van der Waals surface area contributed by atoms with Gasteiger partial charge in [-0.2, -0.15) is 4.72 Å². The monoisotopic (exact) mass is 347 g/mol. The highest BCUT2D eigenvalue weighted by Gasteiger charge is 2.26. The minimum atomic E-state index is -3.82. The van der Waals surface area contributed by atoms with Crippen LogP contribution in [0.15, 0.2) is 53.4 Å². The van der Waals surface area contributed by atoms with Crippen molar-refractivity contribution in [3.05, 3.63) is 65.2 Å². The number of hydrogen-bond acceptors (Lipinski definition) is 4. The van der Waals surface area contributed by atoms with Crippen molar-refractivity contribution in [1.82, 2.24) is 4.72 Å². The molecule has 0 saturated carbocycles. The largest absolute Gasteiger partial charge is 0.468 e. The van der Waals surface area contributed by atoms with E-state index in [9.17, 15) is 13.2 Å². The normalized spacial score (nSPS) is 12.6. The van der Waals surface area contributed by atoms with Crippen LogP contribution in [0.2, 0.25) is 0 Å². The van der Waals surface area contributed by atoms with Crippen LogP contribution in [0.1, 0.15) is 16.7 Å². The maximum atomic E-state index is 12.6. The van der Waals surface area contributed by atoms with Crippen LogP contribution in [0.4, 0.5) is 0 Å². The van der Waals surface area contributed by atoms with Gasteiger partial charge in [-0.3, -0.25) is 4.79 Å². The fourth-order valence-corrected chi connectivity index (χ4v) is 3.57. The van der Waals surface area contributed by atoms with Crippen molar-refractivity contribution in [2.45, 2.75) is 31.2 Å². The molecule has 2 aromatic carbocycles. The van der Waals surface area contributed by atoms with Crippen LogP contribution in [-0.4, -0.2) is 27.5 Å². The molecule has 5 nitrogen and oxygen atoms in total. The molecule has 128 valence electrons. The van der Waals surface area contributed by atoms with Crippen molar-refractivity contribution >= 4 is 16.0 Å². The Bertz CT molecular complexity index is 816. The van der Waals surface area contributed by atoms with E-state index in [1.54, 1.807) is 12.1 Å². The SMILES string of the molecule is COC(=O)C(Cc1ccccc1)NS(=O)(=O)c1ccc(C)c(C)c1. The van der Waals surface area contributed by atoms with Crippen LogP contribution in [0, 0.1) is 13.8 Å². The quantitative estimate of drug-likeness (QED) is 0.814. The molecular weight excluding hydrogens is 326 g/mol. The minimum Gasteiger partial charge on any atom is -0.468 e. The van der Waals surface area contributed by atoms with Gasteiger partial charge < -0.3 is 4.74 Å². The molecule has 1 N–H and O–H groups in total. The second kappa shape index (κ2) is 7.59. The first-order valence-corrected chi connectivity index (χ1v) is 9.03. The molecule has 0 aliphatic rings. The summed E-state index contributed by atoms with van der Waals surface area (Å²) >= 11 is 0. The predicted octanol–water partition coefficient (Wildman–Crippen LogP) is 2.37. The molecule has 0 aliphatic heterocycles. The van der Waals surface area contributed by atoms with Gasteiger partial charge in [-0.25, -0.2) is 8.42 Å².